The average Bonchev–Trinajstić information content (AvgIpc) is 2.13. The second-order valence-corrected chi connectivity index (χ2v) is 2.61. The fourth-order valence-corrected chi connectivity index (χ4v) is 1.16. The summed E-state index contributed by atoms with van der Waals surface area (Å²) >= 11 is 0. The predicted molar refractivity (Wildman–Crippen MR) is 36.6 cm³/mol. The normalized spacial score (nSPS) is 26.7. The molecule has 0 radical (unpaired) electrons. The molecule has 0 unspecified atom stereocenters. The standard InChI is InChI=1S/C6H12N2O2/c1-8-3-2-5(4-8)10-6(7)9/h5H,2-4H2,1H3,(H2,7,9)/t5-/m1/s1. The summed E-state index contributed by atoms with van der Waals surface area (Å²) in [5.74, 6) is 0. The van der Waals surface area contributed by atoms with Gasteiger partial charge in [0.1, 0.15) is 6.10 Å². The maximum atomic E-state index is 10.2. The summed E-state index contributed by atoms with van der Waals surface area (Å²) < 4.78 is 4.78. The molecule has 0 aromatic carbocycles. The van der Waals surface area contributed by atoms with Crippen LogP contribution in [0.15, 0.2) is 0 Å². The molecule has 1 amide bonds. The molecule has 4 heteroatoms. The van der Waals surface area contributed by atoms with Crippen molar-refractivity contribution in [2.24, 2.45) is 5.73 Å². The maximum Gasteiger partial charge on any atom is 0.404 e. The van der Waals surface area contributed by atoms with E-state index in [1.54, 1.807) is 0 Å². The number of ether oxygens (including phenoxy) is 1. The molecule has 4 nitrogen and oxygen atoms in total. The molecular weight excluding hydrogens is 132 g/mol. The van der Waals surface area contributed by atoms with Crippen LogP contribution in [0.2, 0.25) is 0 Å². The number of primary amides is 1. The van der Waals surface area contributed by atoms with Gasteiger partial charge in [-0.25, -0.2) is 4.79 Å². The van der Waals surface area contributed by atoms with Gasteiger partial charge in [0, 0.05) is 13.1 Å². The van der Waals surface area contributed by atoms with E-state index in [1.807, 2.05) is 7.05 Å². The molecule has 1 fully saturated rings. The van der Waals surface area contributed by atoms with Gasteiger partial charge in [0.15, 0.2) is 0 Å². The molecule has 0 spiro atoms. The fourth-order valence-electron chi connectivity index (χ4n) is 1.16. The van der Waals surface area contributed by atoms with Crippen LogP contribution in [0.25, 0.3) is 0 Å². The van der Waals surface area contributed by atoms with Gasteiger partial charge in [0.05, 0.1) is 0 Å². The Bertz CT molecular complexity index is 138. The van der Waals surface area contributed by atoms with E-state index in [9.17, 15) is 4.79 Å². The second-order valence-electron chi connectivity index (χ2n) is 2.61. The van der Waals surface area contributed by atoms with E-state index in [2.05, 4.69) is 4.90 Å². The molecular formula is C6H12N2O2. The number of hydrogen-bond acceptors (Lipinski definition) is 3. The lowest BCUT2D eigenvalue weighted by Crippen LogP contribution is -2.25. The van der Waals surface area contributed by atoms with Crippen molar-refractivity contribution in [3.63, 3.8) is 0 Å². The summed E-state index contributed by atoms with van der Waals surface area (Å²) in [7, 11) is 1.99. The van der Waals surface area contributed by atoms with Crippen LogP contribution in [0.4, 0.5) is 4.79 Å². The van der Waals surface area contributed by atoms with Crippen LogP contribution in [0.3, 0.4) is 0 Å². The van der Waals surface area contributed by atoms with E-state index in [1.165, 1.54) is 0 Å². The van der Waals surface area contributed by atoms with Gasteiger partial charge >= 0.3 is 6.09 Å². The third-order valence-corrected chi connectivity index (χ3v) is 1.63. The number of carbonyl (C=O) groups excluding carboxylic acids is 1. The number of likely N-dealkylation sites (N-methyl/N-ethyl adjacent to an activating group) is 1. The third-order valence-electron chi connectivity index (χ3n) is 1.63. The highest BCUT2D eigenvalue weighted by molar-refractivity contribution is 5.64. The highest BCUT2D eigenvalue weighted by atomic mass is 16.6. The van der Waals surface area contributed by atoms with E-state index in [0.29, 0.717) is 0 Å². The van der Waals surface area contributed by atoms with Crippen molar-refractivity contribution in [3.8, 4) is 0 Å². The first-order valence-electron chi connectivity index (χ1n) is 3.33. The van der Waals surface area contributed by atoms with Crippen molar-refractivity contribution in [2.75, 3.05) is 20.1 Å². The number of carbonyl (C=O) groups is 1. The minimum atomic E-state index is -0.666. The minimum Gasteiger partial charge on any atom is -0.445 e. The van der Waals surface area contributed by atoms with Crippen LogP contribution in [0.5, 0.6) is 0 Å². The first-order chi connectivity index (χ1) is 4.68. The largest absolute Gasteiger partial charge is 0.445 e. The lowest BCUT2D eigenvalue weighted by molar-refractivity contribution is 0.111. The average molecular weight is 144 g/mol. The van der Waals surface area contributed by atoms with Gasteiger partial charge in [-0.2, -0.15) is 0 Å². The highest BCUT2D eigenvalue weighted by Crippen LogP contribution is 2.09. The summed E-state index contributed by atoms with van der Waals surface area (Å²) in [5, 5.41) is 0. The first-order valence-corrected chi connectivity index (χ1v) is 3.33. The Balaban J connectivity index is 2.24. The van der Waals surface area contributed by atoms with Crippen LogP contribution >= 0.6 is 0 Å². The molecule has 0 bridgehead atoms. The zero-order chi connectivity index (χ0) is 7.56. The topological polar surface area (TPSA) is 55.6 Å². The highest BCUT2D eigenvalue weighted by Gasteiger charge is 2.21. The Morgan fingerprint density at radius 2 is 2.50 bits per heavy atom. The zero-order valence-electron chi connectivity index (χ0n) is 6.04. The Morgan fingerprint density at radius 1 is 1.80 bits per heavy atom. The Hall–Kier alpha value is -0.770. The molecule has 2 N–H and O–H groups in total. The maximum absolute atomic E-state index is 10.2. The summed E-state index contributed by atoms with van der Waals surface area (Å²) in [6, 6.07) is 0. The molecule has 1 heterocycles. The number of nitrogens with two attached hydrogens (primary N) is 1. The van der Waals surface area contributed by atoms with Crippen molar-refractivity contribution < 1.29 is 9.53 Å². The molecule has 0 aliphatic carbocycles. The number of nitrogens with zero attached hydrogens (tertiary/aromatic N) is 1. The molecule has 1 saturated heterocycles. The van der Waals surface area contributed by atoms with Gasteiger partial charge < -0.3 is 15.4 Å². The number of likely N-dealkylation sites (tertiary alicyclic amines) is 1. The van der Waals surface area contributed by atoms with E-state index >= 15 is 0 Å². The number of amides is 1. The van der Waals surface area contributed by atoms with Crippen molar-refractivity contribution in [3.05, 3.63) is 0 Å². The van der Waals surface area contributed by atoms with Gasteiger partial charge in [-0.1, -0.05) is 0 Å². The Labute approximate surface area is 59.9 Å². The smallest absolute Gasteiger partial charge is 0.404 e. The summed E-state index contributed by atoms with van der Waals surface area (Å²) in [5.41, 5.74) is 4.84. The summed E-state index contributed by atoms with van der Waals surface area (Å²) in [6.45, 7) is 1.79. The fraction of sp³-hybridized carbons (Fsp3) is 0.833. The van der Waals surface area contributed by atoms with E-state index in [4.69, 9.17) is 10.5 Å². The van der Waals surface area contributed by atoms with Crippen molar-refractivity contribution in [1.82, 2.24) is 4.90 Å². The van der Waals surface area contributed by atoms with Crippen molar-refractivity contribution >= 4 is 6.09 Å². The third kappa shape index (κ3) is 1.88. The van der Waals surface area contributed by atoms with Gasteiger partial charge in [-0.3, -0.25) is 0 Å². The molecule has 0 aromatic rings. The summed E-state index contributed by atoms with van der Waals surface area (Å²) in [4.78, 5) is 12.3. The molecule has 10 heavy (non-hydrogen) atoms. The van der Waals surface area contributed by atoms with Gasteiger partial charge in [0.25, 0.3) is 0 Å². The molecule has 0 saturated carbocycles. The van der Waals surface area contributed by atoms with Gasteiger partial charge in [0.2, 0.25) is 0 Å². The monoisotopic (exact) mass is 144 g/mol. The van der Waals surface area contributed by atoms with E-state index < -0.39 is 6.09 Å². The number of rotatable bonds is 1. The summed E-state index contributed by atoms with van der Waals surface area (Å²) in [6.07, 6.45) is 0.252. The molecule has 1 rings (SSSR count). The lowest BCUT2D eigenvalue weighted by Gasteiger charge is -2.09. The predicted octanol–water partition coefficient (Wildman–Crippen LogP) is -0.214. The molecule has 0 aromatic heterocycles. The number of hydrogen-bond donors (Lipinski definition) is 1. The second kappa shape index (κ2) is 2.88. The zero-order valence-corrected chi connectivity index (χ0v) is 6.04. The van der Waals surface area contributed by atoms with Crippen molar-refractivity contribution in [1.29, 1.82) is 0 Å². The van der Waals surface area contributed by atoms with E-state index in [-0.39, 0.29) is 6.10 Å². The molecule has 1 aliphatic rings. The van der Waals surface area contributed by atoms with Gasteiger partial charge in [-0.05, 0) is 13.5 Å². The molecule has 58 valence electrons. The van der Waals surface area contributed by atoms with Crippen LogP contribution in [-0.2, 0) is 4.74 Å². The quantitative estimate of drug-likeness (QED) is 0.553. The lowest BCUT2D eigenvalue weighted by atomic mass is 10.3. The first kappa shape index (κ1) is 7.34. The van der Waals surface area contributed by atoms with Gasteiger partial charge in [-0.15, -0.1) is 0 Å². The van der Waals surface area contributed by atoms with Crippen LogP contribution in [-0.4, -0.2) is 37.2 Å². The van der Waals surface area contributed by atoms with Crippen LogP contribution in [0.1, 0.15) is 6.42 Å². The van der Waals surface area contributed by atoms with Crippen LogP contribution in [0, 0.1) is 0 Å². The Morgan fingerprint density at radius 3 is 2.90 bits per heavy atom. The van der Waals surface area contributed by atoms with E-state index in [0.717, 1.165) is 19.5 Å². The van der Waals surface area contributed by atoms with Crippen molar-refractivity contribution in [2.45, 2.75) is 12.5 Å². The SMILES string of the molecule is CN1CC[C@@H](OC(N)=O)C1. The molecule has 1 atom stereocenters. The molecule has 1 aliphatic heterocycles. The van der Waals surface area contributed by atoms with Crippen LogP contribution < -0.4 is 5.73 Å². The Kier molecular flexibility index (Phi) is 2.11. The minimum absolute atomic E-state index is 0.0162.